The van der Waals surface area contributed by atoms with Crippen LogP contribution >= 0.6 is 0 Å². The van der Waals surface area contributed by atoms with E-state index in [9.17, 15) is 4.79 Å². The fourth-order valence-electron chi connectivity index (χ4n) is 2.06. The number of ether oxygens (including phenoxy) is 1. The molecule has 4 heteroatoms. The Bertz CT molecular complexity index is 407. The number of benzene rings is 1. The predicted octanol–water partition coefficient (Wildman–Crippen LogP) is 3.03. The molecule has 0 bridgehead atoms. The fraction of sp³-hybridized carbons (Fsp3) is 0.588. The maximum atomic E-state index is 11.3. The van der Waals surface area contributed by atoms with Gasteiger partial charge in [-0.15, -0.1) is 0 Å². The second-order valence-electron chi connectivity index (χ2n) is 5.72. The van der Waals surface area contributed by atoms with Crippen molar-refractivity contribution < 1.29 is 9.53 Å². The van der Waals surface area contributed by atoms with Crippen LogP contribution in [0.15, 0.2) is 30.3 Å². The summed E-state index contributed by atoms with van der Waals surface area (Å²) in [5, 5.41) is 0. The van der Waals surface area contributed by atoms with Crippen molar-refractivity contribution >= 4 is 6.09 Å². The van der Waals surface area contributed by atoms with Crippen molar-refractivity contribution in [1.82, 2.24) is 9.80 Å². The minimum atomic E-state index is -0.270. The summed E-state index contributed by atoms with van der Waals surface area (Å²) < 4.78 is 5.16. The smallest absolute Gasteiger partial charge is 0.409 e. The van der Waals surface area contributed by atoms with Crippen LogP contribution in [0.2, 0.25) is 0 Å². The monoisotopic (exact) mass is 292 g/mol. The number of carbonyl (C=O) groups is 1. The lowest BCUT2D eigenvalue weighted by Gasteiger charge is -2.24. The van der Waals surface area contributed by atoms with Crippen LogP contribution in [0.25, 0.3) is 0 Å². The summed E-state index contributed by atoms with van der Waals surface area (Å²) in [6.45, 7) is 3.70. The van der Waals surface area contributed by atoms with E-state index in [-0.39, 0.29) is 6.09 Å². The largest absolute Gasteiger partial charge is 0.449 e. The lowest BCUT2D eigenvalue weighted by Crippen LogP contribution is -2.32. The molecule has 0 aromatic heterocycles. The number of hydrogen-bond donors (Lipinski definition) is 0. The van der Waals surface area contributed by atoms with Gasteiger partial charge < -0.3 is 14.5 Å². The van der Waals surface area contributed by atoms with Crippen LogP contribution in [0, 0.1) is 0 Å². The Morgan fingerprint density at radius 1 is 1.19 bits per heavy atom. The standard InChI is InChI=1S/C17H28N2O2/c1-15(12-14-21-17(20)18(2)3)19(4)13-8-11-16-9-6-5-7-10-16/h5-7,9-10,15H,8,11-14H2,1-4H3. The predicted molar refractivity (Wildman–Crippen MR) is 86.5 cm³/mol. The first-order chi connectivity index (χ1) is 10.0. The summed E-state index contributed by atoms with van der Waals surface area (Å²) in [7, 11) is 5.52. The average molecular weight is 292 g/mol. The summed E-state index contributed by atoms with van der Waals surface area (Å²) in [5.74, 6) is 0. The zero-order chi connectivity index (χ0) is 15.7. The van der Waals surface area contributed by atoms with Crippen LogP contribution in [-0.2, 0) is 11.2 Å². The van der Waals surface area contributed by atoms with E-state index in [0.717, 1.165) is 25.8 Å². The van der Waals surface area contributed by atoms with Gasteiger partial charge in [0.25, 0.3) is 0 Å². The Morgan fingerprint density at radius 2 is 1.86 bits per heavy atom. The van der Waals surface area contributed by atoms with Crippen LogP contribution < -0.4 is 0 Å². The number of carbonyl (C=O) groups excluding carboxylic acids is 1. The van der Waals surface area contributed by atoms with Gasteiger partial charge in [0.2, 0.25) is 0 Å². The first-order valence-corrected chi connectivity index (χ1v) is 7.59. The molecule has 0 fully saturated rings. The fourth-order valence-corrected chi connectivity index (χ4v) is 2.06. The van der Waals surface area contributed by atoms with E-state index < -0.39 is 0 Å². The van der Waals surface area contributed by atoms with Gasteiger partial charge in [-0.2, -0.15) is 0 Å². The highest BCUT2D eigenvalue weighted by Crippen LogP contribution is 2.06. The van der Waals surface area contributed by atoms with E-state index in [4.69, 9.17) is 4.74 Å². The third-order valence-electron chi connectivity index (χ3n) is 3.70. The molecule has 21 heavy (non-hydrogen) atoms. The molecule has 1 aromatic carbocycles. The van der Waals surface area contributed by atoms with E-state index in [1.807, 2.05) is 6.07 Å². The van der Waals surface area contributed by atoms with Gasteiger partial charge in [-0.25, -0.2) is 4.79 Å². The van der Waals surface area contributed by atoms with Crippen LogP contribution in [0.5, 0.6) is 0 Å². The second-order valence-corrected chi connectivity index (χ2v) is 5.72. The topological polar surface area (TPSA) is 32.8 Å². The molecule has 1 aromatic rings. The SMILES string of the molecule is CC(CCOC(=O)N(C)C)N(C)CCCc1ccccc1. The molecule has 0 N–H and O–H groups in total. The average Bonchev–Trinajstić information content (AvgIpc) is 2.47. The Labute approximate surface area is 128 Å². The first-order valence-electron chi connectivity index (χ1n) is 7.59. The Kier molecular flexibility index (Phi) is 7.83. The lowest BCUT2D eigenvalue weighted by atomic mass is 10.1. The van der Waals surface area contributed by atoms with Gasteiger partial charge in [0, 0.05) is 20.1 Å². The highest BCUT2D eigenvalue weighted by molar-refractivity contribution is 5.66. The van der Waals surface area contributed by atoms with Crippen molar-refractivity contribution in [3.63, 3.8) is 0 Å². The van der Waals surface area contributed by atoms with Crippen molar-refractivity contribution in [3.8, 4) is 0 Å². The molecular formula is C17H28N2O2. The van der Waals surface area contributed by atoms with Crippen LogP contribution in [-0.4, -0.2) is 56.2 Å². The minimum absolute atomic E-state index is 0.270. The van der Waals surface area contributed by atoms with Crippen LogP contribution in [0.1, 0.15) is 25.3 Å². The maximum Gasteiger partial charge on any atom is 0.409 e. The summed E-state index contributed by atoms with van der Waals surface area (Å²) in [6, 6.07) is 11.0. The summed E-state index contributed by atoms with van der Waals surface area (Å²) in [4.78, 5) is 15.1. The maximum absolute atomic E-state index is 11.3. The highest BCUT2D eigenvalue weighted by Gasteiger charge is 2.11. The number of hydrogen-bond acceptors (Lipinski definition) is 3. The minimum Gasteiger partial charge on any atom is -0.449 e. The van der Waals surface area contributed by atoms with Crippen molar-refractivity contribution in [3.05, 3.63) is 35.9 Å². The zero-order valence-electron chi connectivity index (χ0n) is 13.7. The van der Waals surface area contributed by atoms with Gasteiger partial charge in [-0.1, -0.05) is 30.3 Å². The molecule has 118 valence electrons. The molecule has 1 rings (SSSR count). The van der Waals surface area contributed by atoms with Crippen molar-refractivity contribution in [2.45, 2.75) is 32.2 Å². The summed E-state index contributed by atoms with van der Waals surface area (Å²) in [6.07, 6.45) is 2.84. The normalized spacial score (nSPS) is 12.2. The molecule has 0 spiro atoms. The number of rotatable bonds is 8. The van der Waals surface area contributed by atoms with Crippen LogP contribution in [0.3, 0.4) is 0 Å². The molecule has 1 unspecified atom stereocenters. The molecule has 4 nitrogen and oxygen atoms in total. The van der Waals surface area contributed by atoms with Crippen molar-refractivity contribution in [1.29, 1.82) is 0 Å². The van der Waals surface area contributed by atoms with Gasteiger partial charge in [0.05, 0.1) is 6.61 Å². The first kappa shape index (κ1) is 17.5. The van der Waals surface area contributed by atoms with E-state index in [1.54, 1.807) is 14.1 Å². The van der Waals surface area contributed by atoms with E-state index in [0.29, 0.717) is 12.6 Å². The van der Waals surface area contributed by atoms with Gasteiger partial charge >= 0.3 is 6.09 Å². The molecule has 0 aliphatic heterocycles. The molecule has 0 heterocycles. The summed E-state index contributed by atoms with van der Waals surface area (Å²) >= 11 is 0. The van der Waals surface area contributed by atoms with E-state index in [2.05, 4.69) is 43.1 Å². The third kappa shape index (κ3) is 7.14. The second kappa shape index (κ2) is 9.40. The molecule has 1 amide bonds. The van der Waals surface area contributed by atoms with Gasteiger partial charge in [0.15, 0.2) is 0 Å². The number of aryl methyl sites for hydroxylation is 1. The molecule has 0 saturated heterocycles. The van der Waals surface area contributed by atoms with Crippen molar-refractivity contribution in [2.75, 3.05) is 34.3 Å². The highest BCUT2D eigenvalue weighted by atomic mass is 16.6. The molecule has 1 atom stereocenters. The zero-order valence-corrected chi connectivity index (χ0v) is 13.7. The number of nitrogens with zero attached hydrogens (tertiary/aromatic N) is 2. The third-order valence-corrected chi connectivity index (χ3v) is 3.70. The Hall–Kier alpha value is -1.55. The van der Waals surface area contributed by atoms with Crippen molar-refractivity contribution in [2.24, 2.45) is 0 Å². The van der Waals surface area contributed by atoms with Gasteiger partial charge in [0.1, 0.15) is 0 Å². The van der Waals surface area contributed by atoms with Gasteiger partial charge in [-0.05, 0) is 45.3 Å². The summed E-state index contributed by atoms with van der Waals surface area (Å²) in [5.41, 5.74) is 1.39. The molecule has 0 saturated carbocycles. The molecule has 0 aliphatic rings. The van der Waals surface area contributed by atoms with Crippen LogP contribution in [0.4, 0.5) is 4.79 Å². The Balaban J connectivity index is 2.16. The Morgan fingerprint density at radius 3 is 2.48 bits per heavy atom. The van der Waals surface area contributed by atoms with E-state index >= 15 is 0 Å². The van der Waals surface area contributed by atoms with E-state index in [1.165, 1.54) is 10.5 Å². The quantitative estimate of drug-likeness (QED) is 0.738. The van der Waals surface area contributed by atoms with Gasteiger partial charge in [-0.3, -0.25) is 0 Å². The molecule has 0 radical (unpaired) electrons. The molecule has 0 aliphatic carbocycles. The number of amides is 1. The molecular weight excluding hydrogens is 264 g/mol. The lowest BCUT2D eigenvalue weighted by molar-refractivity contribution is 0.106.